The molecule has 178 valence electrons. The van der Waals surface area contributed by atoms with Gasteiger partial charge in [0.25, 0.3) is 0 Å². The smallest absolute Gasteiger partial charge is 0.169 e. The van der Waals surface area contributed by atoms with Gasteiger partial charge in [-0.1, -0.05) is 77.6 Å². The van der Waals surface area contributed by atoms with Crippen LogP contribution >= 0.6 is 0 Å². The molecule has 2 aromatic carbocycles. The second-order valence-electron chi connectivity index (χ2n) is 8.07. The van der Waals surface area contributed by atoms with Gasteiger partial charge in [-0.05, 0) is 37.8 Å². The lowest BCUT2D eigenvalue weighted by Gasteiger charge is -2.20. The van der Waals surface area contributed by atoms with Crippen LogP contribution in [-0.2, 0) is 0 Å². The molecule has 0 amide bonds. The molecule has 32 heavy (non-hydrogen) atoms. The van der Waals surface area contributed by atoms with Crippen LogP contribution in [0.3, 0.4) is 0 Å². The lowest BCUT2D eigenvalue weighted by atomic mass is 10.0. The summed E-state index contributed by atoms with van der Waals surface area (Å²) in [7, 11) is 0. The lowest BCUT2D eigenvalue weighted by Crippen LogP contribution is -2.06. The Bertz CT molecular complexity index is 707. The molecule has 0 aromatic heterocycles. The van der Waals surface area contributed by atoms with Gasteiger partial charge in [0.2, 0.25) is 0 Å². The molecule has 0 aliphatic rings. The summed E-state index contributed by atoms with van der Waals surface area (Å²) >= 11 is 0. The fourth-order valence-electron chi connectivity index (χ4n) is 3.27. The maximum atomic E-state index is 6.29. The van der Waals surface area contributed by atoms with E-state index in [-0.39, 0.29) is 0 Å². The first kappa shape index (κ1) is 25.9. The zero-order valence-electron chi connectivity index (χ0n) is 20.6. The van der Waals surface area contributed by atoms with Crippen LogP contribution in [0.2, 0.25) is 0 Å². The number of unbranched alkanes of at least 4 members (excludes halogenated alkanes) is 4. The summed E-state index contributed by atoms with van der Waals surface area (Å²) in [6, 6.07) is 12.2. The maximum Gasteiger partial charge on any atom is 0.169 e. The van der Waals surface area contributed by atoms with Crippen molar-refractivity contribution in [3.05, 3.63) is 36.4 Å². The standard InChI is InChI=1S/C28H42O4/c1-5-9-19-29-25-17-13-15-23(27(25)31-21-11-7-3)24-16-14-18-26(30-20-10-6-2)28(24)32-22-12-8-4/h13-18H,5-12,19-22H2,1-4H3. The van der Waals surface area contributed by atoms with Gasteiger partial charge in [-0.25, -0.2) is 0 Å². The lowest BCUT2D eigenvalue weighted by molar-refractivity contribution is 0.259. The van der Waals surface area contributed by atoms with Crippen LogP contribution in [0.25, 0.3) is 11.1 Å². The summed E-state index contributed by atoms with van der Waals surface area (Å²) in [4.78, 5) is 0. The highest BCUT2D eigenvalue weighted by Gasteiger charge is 2.19. The molecule has 0 saturated carbocycles. The molecule has 0 aliphatic carbocycles. The normalized spacial score (nSPS) is 10.8. The monoisotopic (exact) mass is 442 g/mol. The van der Waals surface area contributed by atoms with E-state index in [2.05, 4.69) is 39.8 Å². The minimum Gasteiger partial charge on any atom is -0.490 e. The number of rotatable bonds is 17. The maximum absolute atomic E-state index is 6.29. The zero-order valence-corrected chi connectivity index (χ0v) is 20.6. The van der Waals surface area contributed by atoms with E-state index in [1.165, 1.54) is 0 Å². The molecule has 0 spiro atoms. The third-order valence-electron chi connectivity index (χ3n) is 5.25. The van der Waals surface area contributed by atoms with Crippen LogP contribution in [-0.4, -0.2) is 26.4 Å². The van der Waals surface area contributed by atoms with E-state index in [9.17, 15) is 0 Å². The van der Waals surface area contributed by atoms with E-state index in [1.54, 1.807) is 0 Å². The third kappa shape index (κ3) is 7.96. The van der Waals surface area contributed by atoms with Crippen LogP contribution in [0, 0.1) is 0 Å². The molecule has 0 unspecified atom stereocenters. The number of hydrogen-bond donors (Lipinski definition) is 0. The molecule has 0 atom stereocenters. The molecule has 4 heteroatoms. The molecule has 0 fully saturated rings. The van der Waals surface area contributed by atoms with Crippen molar-refractivity contribution >= 4 is 0 Å². The van der Waals surface area contributed by atoms with Gasteiger partial charge in [0, 0.05) is 11.1 Å². The van der Waals surface area contributed by atoms with Crippen LogP contribution in [0.4, 0.5) is 0 Å². The Morgan fingerprint density at radius 2 is 0.812 bits per heavy atom. The zero-order chi connectivity index (χ0) is 23.0. The van der Waals surface area contributed by atoms with Crippen LogP contribution < -0.4 is 18.9 Å². The molecule has 0 bridgehead atoms. The first-order valence-electron chi connectivity index (χ1n) is 12.5. The molecule has 0 saturated heterocycles. The van der Waals surface area contributed by atoms with Crippen molar-refractivity contribution in [2.45, 2.75) is 79.1 Å². The Morgan fingerprint density at radius 3 is 1.16 bits per heavy atom. The Morgan fingerprint density at radius 1 is 0.469 bits per heavy atom. The molecule has 4 nitrogen and oxygen atoms in total. The summed E-state index contributed by atoms with van der Waals surface area (Å²) in [5.74, 6) is 3.18. The Kier molecular flexibility index (Phi) is 12.5. The number of hydrogen-bond acceptors (Lipinski definition) is 4. The minimum atomic E-state index is 0.663. The summed E-state index contributed by atoms with van der Waals surface area (Å²) in [5.41, 5.74) is 1.98. The van der Waals surface area contributed by atoms with Crippen molar-refractivity contribution in [3.8, 4) is 34.1 Å². The van der Waals surface area contributed by atoms with Gasteiger partial charge < -0.3 is 18.9 Å². The quantitative estimate of drug-likeness (QED) is 0.232. The Labute approximate surface area is 195 Å². The third-order valence-corrected chi connectivity index (χ3v) is 5.25. The van der Waals surface area contributed by atoms with Crippen molar-refractivity contribution in [1.82, 2.24) is 0 Å². The largest absolute Gasteiger partial charge is 0.490 e. The van der Waals surface area contributed by atoms with Gasteiger partial charge in [0.05, 0.1) is 26.4 Å². The fraction of sp³-hybridized carbons (Fsp3) is 0.571. The predicted octanol–water partition coefficient (Wildman–Crippen LogP) is 8.07. The molecule has 0 radical (unpaired) electrons. The fourth-order valence-corrected chi connectivity index (χ4v) is 3.27. The molecular formula is C28H42O4. The highest BCUT2D eigenvalue weighted by atomic mass is 16.5. The Balaban J connectivity index is 2.47. The molecular weight excluding hydrogens is 400 g/mol. The van der Waals surface area contributed by atoms with Crippen LogP contribution in [0.1, 0.15) is 79.1 Å². The van der Waals surface area contributed by atoms with Gasteiger partial charge in [-0.15, -0.1) is 0 Å². The first-order valence-corrected chi connectivity index (χ1v) is 12.5. The first-order chi connectivity index (χ1) is 15.8. The summed E-state index contributed by atoms with van der Waals surface area (Å²) in [6.07, 6.45) is 8.40. The van der Waals surface area contributed by atoms with E-state index in [1.807, 2.05) is 24.3 Å². The summed E-state index contributed by atoms with van der Waals surface area (Å²) in [6.45, 7) is 11.4. The average Bonchev–Trinajstić information content (AvgIpc) is 2.81. The number of ether oxygens (including phenoxy) is 4. The van der Waals surface area contributed by atoms with Gasteiger partial charge in [-0.3, -0.25) is 0 Å². The second-order valence-corrected chi connectivity index (χ2v) is 8.07. The van der Waals surface area contributed by atoms with Crippen molar-refractivity contribution in [2.24, 2.45) is 0 Å². The molecule has 2 rings (SSSR count). The van der Waals surface area contributed by atoms with Gasteiger partial charge in [0.1, 0.15) is 0 Å². The van der Waals surface area contributed by atoms with E-state index in [0.29, 0.717) is 26.4 Å². The van der Waals surface area contributed by atoms with E-state index < -0.39 is 0 Å². The SMILES string of the molecule is CCCCOc1cccc(-c2cccc(OCCCC)c2OCCCC)c1OCCCC. The molecule has 0 N–H and O–H groups in total. The van der Waals surface area contributed by atoms with E-state index in [4.69, 9.17) is 18.9 Å². The number of benzene rings is 2. The van der Waals surface area contributed by atoms with Crippen LogP contribution in [0.15, 0.2) is 36.4 Å². The topological polar surface area (TPSA) is 36.9 Å². The Hall–Kier alpha value is -2.36. The van der Waals surface area contributed by atoms with Gasteiger partial charge in [-0.2, -0.15) is 0 Å². The van der Waals surface area contributed by atoms with Gasteiger partial charge >= 0.3 is 0 Å². The predicted molar refractivity (Wildman–Crippen MR) is 133 cm³/mol. The molecule has 0 aliphatic heterocycles. The summed E-state index contributed by atoms with van der Waals surface area (Å²) < 4.78 is 24.8. The highest BCUT2D eigenvalue weighted by Crippen LogP contribution is 2.45. The molecule has 2 aromatic rings. The van der Waals surface area contributed by atoms with Crippen molar-refractivity contribution in [3.63, 3.8) is 0 Å². The van der Waals surface area contributed by atoms with Crippen molar-refractivity contribution in [1.29, 1.82) is 0 Å². The highest BCUT2D eigenvalue weighted by molar-refractivity contribution is 5.80. The van der Waals surface area contributed by atoms with Crippen molar-refractivity contribution in [2.75, 3.05) is 26.4 Å². The molecule has 0 heterocycles. The van der Waals surface area contributed by atoms with E-state index in [0.717, 1.165) is 85.5 Å². The summed E-state index contributed by atoms with van der Waals surface area (Å²) in [5, 5.41) is 0. The minimum absolute atomic E-state index is 0.663. The van der Waals surface area contributed by atoms with Crippen molar-refractivity contribution < 1.29 is 18.9 Å². The van der Waals surface area contributed by atoms with Gasteiger partial charge in [0.15, 0.2) is 23.0 Å². The second kappa shape index (κ2) is 15.4. The average molecular weight is 443 g/mol. The van der Waals surface area contributed by atoms with Crippen LogP contribution in [0.5, 0.6) is 23.0 Å². The number of para-hydroxylation sites is 2. The van der Waals surface area contributed by atoms with E-state index >= 15 is 0 Å².